The van der Waals surface area contributed by atoms with Gasteiger partial charge >= 0.3 is 0 Å². The zero-order valence-corrected chi connectivity index (χ0v) is 7.84. The molecule has 0 spiro atoms. The Morgan fingerprint density at radius 2 is 2.50 bits per heavy atom. The van der Waals surface area contributed by atoms with Crippen molar-refractivity contribution in [2.75, 3.05) is 6.54 Å². The highest BCUT2D eigenvalue weighted by Gasteiger charge is 2.29. The van der Waals surface area contributed by atoms with Gasteiger partial charge in [0.2, 0.25) is 0 Å². The Kier molecular flexibility index (Phi) is 2.07. The summed E-state index contributed by atoms with van der Waals surface area (Å²) in [6.07, 6.45) is 1.85. The average Bonchev–Trinajstić information content (AvgIpc) is 2.40. The molecule has 0 aliphatic carbocycles. The van der Waals surface area contributed by atoms with Crippen LogP contribution in [0.2, 0.25) is 0 Å². The Bertz CT molecular complexity index is 288. The molecule has 2 nitrogen and oxygen atoms in total. The van der Waals surface area contributed by atoms with Gasteiger partial charge in [0, 0.05) is 28.8 Å². The normalized spacial score (nSPS) is 27.2. The number of hydrogen-bond donors (Lipinski definition) is 1. The Labute approximate surface area is 76.6 Å². The van der Waals surface area contributed by atoms with Crippen LogP contribution >= 0.6 is 11.8 Å². The first-order valence-corrected chi connectivity index (χ1v) is 5.02. The van der Waals surface area contributed by atoms with Gasteiger partial charge < -0.3 is 5.73 Å². The van der Waals surface area contributed by atoms with Gasteiger partial charge in [0.15, 0.2) is 0 Å². The molecule has 0 amide bonds. The van der Waals surface area contributed by atoms with Gasteiger partial charge in [0.05, 0.1) is 5.69 Å². The molecule has 1 aromatic rings. The fourth-order valence-corrected chi connectivity index (χ4v) is 2.88. The monoisotopic (exact) mass is 180 g/mol. The SMILES string of the molecule is C[C@H]1Sc2cccnc2[C@@H]1CN. The third-order valence-corrected chi connectivity index (χ3v) is 3.58. The van der Waals surface area contributed by atoms with E-state index in [0.29, 0.717) is 17.7 Å². The van der Waals surface area contributed by atoms with Crippen LogP contribution in [0.1, 0.15) is 18.5 Å². The highest BCUT2D eigenvalue weighted by Crippen LogP contribution is 2.42. The van der Waals surface area contributed by atoms with Crippen LogP contribution in [0, 0.1) is 0 Å². The van der Waals surface area contributed by atoms with Gasteiger partial charge in [0.1, 0.15) is 0 Å². The second kappa shape index (κ2) is 3.07. The van der Waals surface area contributed by atoms with Crippen LogP contribution in [-0.2, 0) is 0 Å². The summed E-state index contributed by atoms with van der Waals surface area (Å²) in [5.41, 5.74) is 6.88. The van der Waals surface area contributed by atoms with Gasteiger partial charge in [-0.15, -0.1) is 11.8 Å². The molecule has 0 unspecified atom stereocenters. The van der Waals surface area contributed by atoms with E-state index in [2.05, 4.69) is 18.0 Å². The topological polar surface area (TPSA) is 38.9 Å². The number of hydrogen-bond acceptors (Lipinski definition) is 3. The van der Waals surface area contributed by atoms with Gasteiger partial charge in [-0.05, 0) is 12.1 Å². The lowest BCUT2D eigenvalue weighted by Gasteiger charge is -2.10. The molecule has 2 heterocycles. The smallest absolute Gasteiger partial charge is 0.0593 e. The molecule has 0 saturated carbocycles. The van der Waals surface area contributed by atoms with Crippen molar-refractivity contribution in [1.29, 1.82) is 0 Å². The maximum absolute atomic E-state index is 5.69. The van der Waals surface area contributed by atoms with E-state index in [0.717, 1.165) is 0 Å². The summed E-state index contributed by atoms with van der Waals surface area (Å²) in [4.78, 5) is 5.67. The number of thioether (sulfide) groups is 1. The first kappa shape index (κ1) is 8.08. The van der Waals surface area contributed by atoms with E-state index < -0.39 is 0 Å². The van der Waals surface area contributed by atoms with E-state index in [1.54, 1.807) is 0 Å². The summed E-state index contributed by atoms with van der Waals surface area (Å²) in [5, 5.41) is 0.583. The van der Waals surface area contributed by atoms with Crippen LogP contribution in [0.15, 0.2) is 23.2 Å². The maximum atomic E-state index is 5.69. The molecule has 0 aromatic carbocycles. The number of nitrogens with two attached hydrogens (primary N) is 1. The standard InChI is InChI=1S/C9H12N2S/c1-6-7(5-10)9-8(12-6)3-2-4-11-9/h2-4,6-7H,5,10H2,1H3/t6-,7-/m1/s1. The summed E-state index contributed by atoms with van der Waals surface area (Å²) < 4.78 is 0. The van der Waals surface area contributed by atoms with Gasteiger partial charge in [-0.25, -0.2) is 0 Å². The zero-order chi connectivity index (χ0) is 8.55. The van der Waals surface area contributed by atoms with Crippen LogP contribution in [-0.4, -0.2) is 16.8 Å². The molecule has 1 aromatic heterocycles. The van der Waals surface area contributed by atoms with Gasteiger partial charge in [-0.1, -0.05) is 6.92 Å². The lowest BCUT2D eigenvalue weighted by atomic mass is 10.0. The number of fused-ring (bicyclic) bond motifs is 1. The van der Waals surface area contributed by atoms with Crippen LogP contribution in [0.4, 0.5) is 0 Å². The summed E-state index contributed by atoms with van der Waals surface area (Å²) >= 11 is 1.88. The lowest BCUT2D eigenvalue weighted by Crippen LogP contribution is -2.18. The highest BCUT2D eigenvalue weighted by atomic mass is 32.2. The predicted molar refractivity (Wildman–Crippen MR) is 51.4 cm³/mol. The van der Waals surface area contributed by atoms with E-state index in [9.17, 15) is 0 Å². The molecule has 12 heavy (non-hydrogen) atoms. The van der Waals surface area contributed by atoms with Crippen molar-refractivity contribution in [3.63, 3.8) is 0 Å². The van der Waals surface area contributed by atoms with Gasteiger partial charge in [-0.2, -0.15) is 0 Å². The summed E-state index contributed by atoms with van der Waals surface area (Å²) in [7, 11) is 0. The Morgan fingerprint density at radius 3 is 3.25 bits per heavy atom. The van der Waals surface area contributed by atoms with E-state index in [4.69, 9.17) is 5.73 Å². The molecule has 1 aliphatic heterocycles. The molecule has 2 atom stereocenters. The van der Waals surface area contributed by atoms with Crippen molar-refractivity contribution in [2.24, 2.45) is 5.73 Å². The molecule has 2 rings (SSSR count). The molecule has 3 heteroatoms. The molecular weight excluding hydrogens is 168 g/mol. The Hall–Kier alpha value is -0.540. The highest BCUT2D eigenvalue weighted by molar-refractivity contribution is 8.00. The fourth-order valence-electron chi connectivity index (χ4n) is 1.59. The van der Waals surface area contributed by atoms with Crippen molar-refractivity contribution in [3.05, 3.63) is 24.0 Å². The summed E-state index contributed by atoms with van der Waals surface area (Å²) in [6, 6.07) is 4.11. The van der Waals surface area contributed by atoms with Crippen molar-refractivity contribution in [2.45, 2.75) is 23.0 Å². The lowest BCUT2D eigenvalue weighted by molar-refractivity contribution is 0.675. The van der Waals surface area contributed by atoms with E-state index in [1.165, 1.54) is 10.6 Å². The molecule has 0 bridgehead atoms. The minimum absolute atomic E-state index is 0.450. The van der Waals surface area contributed by atoms with E-state index in [-0.39, 0.29) is 0 Å². The zero-order valence-electron chi connectivity index (χ0n) is 7.03. The minimum Gasteiger partial charge on any atom is -0.330 e. The largest absolute Gasteiger partial charge is 0.330 e. The van der Waals surface area contributed by atoms with Crippen LogP contribution in [0.25, 0.3) is 0 Å². The van der Waals surface area contributed by atoms with Crippen LogP contribution in [0.5, 0.6) is 0 Å². The van der Waals surface area contributed by atoms with Gasteiger partial charge in [0.25, 0.3) is 0 Å². The summed E-state index contributed by atoms with van der Waals surface area (Å²) in [6.45, 7) is 2.92. The maximum Gasteiger partial charge on any atom is 0.0593 e. The van der Waals surface area contributed by atoms with Crippen LogP contribution < -0.4 is 5.73 Å². The third-order valence-electron chi connectivity index (χ3n) is 2.28. The molecule has 0 radical (unpaired) electrons. The van der Waals surface area contributed by atoms with Gasteiger partial charge in [-0.3, -0.25) is 4.98 Å². The van der Waals surface area contributed by atoms with Crippen molar-refractivity contribution >= 4 is 11.8 Å². The first-order valence-electron chi connectivity index (χ1n) is 4.14. The molecular formula is C9H12N2S. The summed E-state index contributed by atoms with van der Waals surface area (Å²) in [5.74, 6) is 0.450. The molecule has 64 valence electrons. The second-order valence-corrected chi connectivity index (χ2v) is 4.47. The fraction of sp³-hybridized carbons (Fsp3) is 0.444. The quantitative estimate of drug-likeness (QED) is 0.713. The van der Waals surface area contributed by atoms with E-state index in [1.807, 2.05) is 24.0 Å². The van der Waals surface area contributed by atoms with E-state index >= 15 is 0 Å². The molecule has 1 aliphatic rings. The van der Waals surface area contributed by atoms with Crippen molar-refractivity contribution in [3.8, 4) is 0 Å². The van der Waals surface area contributed by atoms with Crippen molar-refractivity contribution in [1.82, 2.24) is 4.98 Å². The third kappa shape index (κ3) is 1.13. The molecule has 0 saturated heterocycles. The Balaban J connectivity index is 2.40. The molecule has 2 N–H and O–H groups in total. The minimum atomic E-state index is 0.450. The second-order valence-electron chi connectivity index (χ2n) is 3.05. The Morgan fingerprint density at radius 1 is 1.67 bits per heavy atom. The van der Waals surface area contributed by atoms with Crippen molar-refractivity contribution < 1.29 is 0 Å². The number of aromatic nitrogens is 1. The number of rotatable bonds is 1. The number of nitrogens with zero attached hydrogens (tertiary/aromatic N) is 1. The first-order chi connectivity index (χ1) is 5.83. The van der Waals surface area contributed by atoms with Crippen LogP contribution in [0.3, 0.4) is 0 Å². The molecule has 0 fully saturated rings. The predicted octanol–water partition coefficient (Wildman–Crippen LogP) is 1.62. The number of pyridine rings is 1. The average molecular weight is 180 g/mol.